The SMILES string of the molecule is [2H]c1c([2H])c([2H])c(C(=O)NC(C)(C)c2ccccn2)c([2H])c1[2H]. The molecule has 0 radical (unpaired) electrons. The Bertz CT molecular complexity index is 733. The molecule has 0 aliphatic heterocycles. The largest absolute Gasteiger partial charge is 0.342 e. The van der Waals surface area contributed by atoms with Gasteiger partial charge in [-0.05, 0) is 38.1 Å². The van der Waals surface area contributed by atoms with E-state index in [1.165, 1.54) is 0 Å². The van der Waals surface area contributed by atoms with E-state index >= 15 is 0 Å². The minimum atomic E-state index is -0.860. The Kier molecular flexibility index (Phi) is 2.03. The number of rotatable bonds is 3. The van der Waals surface area contributed by atoms with Crippen molar-refractivity contribution in [2.75, 3.05) is 0 Å². The minimum Gasteiger partial charge on any atom is -0.342 e. The first-order valence-corrected chi connectivity index (χ1v) is 5.47. The van der Waals surface area contributed by atoms with Crippen LogP contribution in [0.25, 0.3) is 0 Å². The van der Waals surface area contributed by atoms with Gasteiger partial charge in [-0.1, -0.05) is 24.2 Å². The second kappa shape index (κ2) is 5.00. The molecule has 1 amide bonds. The summed E-state index contributed by atoms with van der Waals surface area (Å²) in [6.45, 7) is 3.45. The fourth-order valence-corrected chi connectivity index (χ4v) is 1.51. The van der Waals surface area contributed by atoms with E-state index in [9.17, 15) is 4.79 Å². The molecule has 0 unspecified atom stereocenters. The molecule has 18 heavy (non-hydrogen) atoms. The van der Waals surface area contributed by atoms with Gasteiger partial charge in [0.05, 0.1) is 18.1 Å². The van der Waals surface area contributed by atoms with Crippen molar-refractivity contribution in [2.24, 2.45) is 0 Å². The summed E-state index contributed by atoms with van der Waals surface area (Å²) in [6.07, 6.45) is 1.59. The van der Waals surface area contributed by atoms with Crippen molar-refractivity contribution in [3.63, 3.8) is 0 Å². The summed E-state index contributed by atoms with van der Waals surface area (Å²) in [7, 11) is 0. The first-order chi connectivity index (χ1) is 10.7. The second-order valence-electron chi connectivity index (χ2n) is 4.29. The molecule has 1 N–H and O–H groups in total. The van der Waals surface area contributed by atoms with Gasteiger partial charge in [-0.25, -0.2) is 0 Å². The lowest BCUT2D eigenvalue weighted by molar-refractivity contribution is 0.0910. The van der Waals surface area contributed by atoms with Crippen LogP contribution in [0, 0.1) is 0 Å². The third-order valence-electron chi connectivity index (χ3n) is 2.46. The standard InChI is InChI=1S/C15H16N2O/c1-15(2,13-10-6-7-11-16-13)17-14(18)12-8-4-3-5-9-12/h3-11H,1-2H3,(H,17,18)/i3D,4D,5D,8D,9D. The van der Waals surface area contributed by atoms with E-state index in [0.717, 1.165) is 0 Å². The van der Waals surface area contributed by atoms with E-state index in [4.69, 9.17) is 6.85 Å². The number of carbonyl (C=O) groups excluding carboxylic acids is 1. The van der Waals surface area contributed by atoms with Crippen molar-refractivity contribution in [3.05, 3.63) is 65.9 Å². The molecule has 2 aromatic rings. The molecule has 3 heteroatoms. The van der Waals surface area contributed by atoms with Crippen molar-refractivity contribution in [2.45, 2.75) is 19.4 Å². The fourth-order valence-electron chi connectivity index (χ4n) is 1.51. The number of nitrogens with zero attached hydrogens (tertiary/aromatic N) is 1. The maximum absolute atomic E-state index is 12.5. The Balaban J connectivity index is 2.43. The maximum Gasteiger partial charge on any atom is 0.252 e. The van der Waals surface area contributed by atoms with Crippen LogP contribution >= 0.6 is 0 Å². The zero-order valence-corrected chi connectivity index (χ0v) is 10.2. The zero-order chi connectivity index (χ0) is 17.4. The number of benzene rings is 1. The lowest BCUT2D eigenvalue weighted by atomic mass is 9.99. The number of aromatic nitrogens is 1. The van der Waals surface area contributed by atoms with Gasteiger partial charge >= 0.3 is 0 Å². The molecular weight excluding hydrogens is 224 g/mol. The first kappa shape index (κ1) is 7.31. The van der Waals surface area contributed by atoms with E-state index in [0.29, 0.717) is 5.69 Å². The monoisotopic (exact) mass is 245 g/mol. The molecule has 1 heterocycles. The average Bonchev–Trinajstić information content (AvgIpc) is 2.51. The average molecular weight is 245 g/mol. The highest BCUT2D eigenvalue weighted by Crippen LogP contribution is 2.17. The summed E-state index contributed by atoms with van der Waals surface area (Å²) in [6, 6.07) is 2.62. The number of hydrogen-bond acceptors (Lipinski definition) is 2. The quantitative estimate of drug-likeness (QED) is 0.903. The number of carbonyl (C=O) groups is 1. The van der Waals surface area contributed by atoms with Gasteiger partial charge in [0.25, 0.3) is 5.91 Å². The molecule has 0 bridgehead atoms. The van der Waals surface area contributed by atoms with Gasteiger partial charge < -0.3 is 5.32 Å². The van der Waals surface area contributed by atoms with E-state index in [1.54, 1.807) is 38.2 Å². The highest BCUT2D eigenvalue weighted by Gasteiger charge is 2.24. The Morgan fingerprint density at radius 1 is 1.28 bits per heavy atom. The minimum absolute atomic E-state index is 0.375. The summed E-state index contributed by atoms with van der Waals surface area (Å²) >= 11 is 0. The lowest BCUT2D eigenvalue weighted by Crippen LogP contribution is -2.41. The summed E-state index contributed by atoms with van der Waals surface area (Å²) in [4.78, 5) is 16.7. The number of pyridine rings is 1. The Hall–Kier alpha value is -2.16. The van der Waals surface area contributed by atoms with E-state index in [-0.39, 0.29) is 5.56 Å². The molecule has 0 saturated heterocycles. The third-order valence-corrected chi connectivity index (χ3v) is 2.46. The van der Waals surface area contributed by atoms with Gasteiger partial charge in [0, 0.05) is 11.8 Å². The van der Waals surface area contributed by atoms with Crippen LogP contribution in [0.5, 0.6) is 0 Å². The van der Waals surface area contributed by atoms with Crippen LogP contribution in [0.3, 0.4) is 0 Å². The Morgan fingerprint density at radius 3 is 2.61 bits per heavy atom. The summed E-state index contributed by atoms with van der Waals surface area (Å²) in [5.41, 5.74) is -0.637. The Morgan fingerprint density at radius 2 is 2.00 bits per heavy atom. The van der Waals surface area contributed by atoms with E-state index in [2.05, 4.69) is 10.3 Å². The molecule has 0 spiro atoms. The van der Waals surface area contributed by atoms with Crippen LogP contribution in [0.2, 0.25) is 0 Å². The van der Waals surface area contributed by atoms with Crippen LogP contribution < -0.4 is 5.32 Å². The first-order valence-electron chi connectivity index (χ1n) is 7.97. The van der Waals surface area contributed by atoms with Crippen molar-refractivity contribution in [1.82, 2.24) is 10.3 Å². The predicted octanol–water partition coefficient (Wildman–Crippen LogP) is 2.75. The summed E-state index contributed by atoms with van der Waals surface area (Å²) in [5.74, 6) is -0.738. The third kappa shape index (κ3) is 2.74. The maximum atomic E-state index is 12.5. The molecule has 92 valence electrons. The smallest absolute Gasteiger partial charge is 0.252 e. The molecule has 2 rings (SSSR count). The summed E-state index contributed by atoms with van der Waals surface area (Å²) < 4.78 is 38.5. The number of nitrogens with one attached hydrogen (secondary N) is 1. The highest BCUT2D eigenvalue weighted by atomic mass is 16.1. The van der Waals surface area contributed by atoms with Crippen molar-refractivity contribution in [1.29, 1.82) is 0 Å². The van der Waals surface area contributed by atoms with Crippen LogP contribution in [0.1, 0.15) is 36.8 Å². The van der Waals surface area contributed by atoms with Crippen molar-refractivity contribution >= 4 is 5.91 Å². The molecule has 1 aromatic carbocycles. The predicted molar refractivity (Wildman–Crippen MR) is 71.2 cm³/mol. The van der Waals surface area contributed by atoms with Crippen LogP contribution in [0.15, 0.2) is 54.6 Å². The Labute approximate surface area is 114 Å². The zero-order valence-electron chi connectivity index (χ0n) is 15.2. The van der Waals surface area contributed by atoms with Gasteiger partial charge in [0.1, 0.15) is 0 Å². The highest BCUT2D eigenvalue weighted by molar-refractivity contribution is 5.94. The molecule has 0 aliphatic carbocycles. The van der Waals surface area contributed by atoms with Crippen molar-refractivity contribution < 1.29 is 11.6 Å². The second-order valence-corrected chi connectivity index (χ2v) is 4.29. The van der Waals surface area contributed by atoms with Gasteiger partial charge in [-0.3, -0.25) is 9.78 Å². The molecule has 3 nitrogen and oxygen atoms in total. The van der Waals surface area contributed by atoms with Gasteiger partial charge in [-0.15, -0.1) is 0 Å². The van der Waals surface area contributed by atoms with Crippen molar-refractivity contribution in [3.8, 4) is 0 Å². The fraction of sp³-hybridized carbons (Fsp3) is 0.200. The number of hydrogen-bond donors (Lipinski definition) is 1. The summed E-state index contributed by atoms with van der Waals surface area (Å²) in [5, 5.41) is 2.68. The molecule has 0 atom stereocenters. The normalized spacial score (nSPS) is 14.9. The molecule has 0 fully saturated rings. The molecule has 0 saturated carbocycles. The van der Waals surface area contributed by atoms with Crippen LogP contribution in [-0.4, -0.2) is 10.9 Å². The molecule has 1 aromatic heterocycles. The number of amides is 1. The lowest BCUT2D eigenvalue weighted by Gasteiger charge is -2.25. The van der Waals surface area contributed by atoms with Gasteiger partial charge in [-0.2, -0.15) is 0 Å². The van der Waals surface area contributed by atoms with E-state index in [1.807, 2.05) is 0 Å². The topological polar surface area (TPSA) is 42.0 Å². The van der Waals surface area contributed by atoms with Crippen LogP contribution in [-0.2, 0) is 5.54 Å². The van der Waals surface area contributed by atoms with Crippen LogP contribution in [0.4, 0.5) is 0 Å². The van der Waals surface area contributed by atoms with Gasteiger partial charge in [0.15, 0.2) is 0 Å². The van der Waals surface area contributed by atoms with E-state index < -0.39 is 41.7 Å². The van der Waals surface area contributed by atoms with Gasteiger partial charge in [0.2, 0.25) is 0 Å². The molecule has 0 aliphatic rings. The molecular formula is C15H16N2O.